The number of methoxy groups -OCH3 is 1. The van der Waals surface area contributed by atoms with Crippen molar-refractivity contribution < 1.29 is 19.1 Å². The van der Waals surface area contributed by atoms with E-state index in [4.69, 9.17) is 14.7 Å². The van der Waals surface area contributed by atoms with Crippen LogP contribution in [-0.2, 0) is 16.1 Å². The molecule has 1 N–H and O–H groups in total. The van der Waals surface area contributed by atoms with Gasteiger partial charge in [-0.3, -0.25) is 9.69 Å². The molecule has 1 aliphatic rings. The summed E-state index contributed by atoms with van der Waals surface area (Å²) in [4.78, 5) is 26.3. The third kappa shape index (κ3) is 4.88. The number of nitrogens with one attached hydrogen (secondary N) is 1. The number of nitriles is 1. The second-order valence-corrected chi connectivity index (χ2v) is 7.19. The minimum Gasteiger partial charge on any atom is -0.496 e. The number of ether oxygens (including phenoxy) is 2. The molecule has 1 aromatic rings. The maximum Gasteiger partial charge on any atom is 0.410 e. The Morgan fingerprint density at radius 1 is 1.38 bits per heavy atom. The number of hydrogen-bond acceptors (Lipinski definition) is 5. The highest BCUT2D eigenvalue weighted by atomic mass is 16.6. The van der Waals surface area contributed by atoms with Crippen molar-refractivity contribution in [2.75, 3.05) is 13.7 Å². The van der Waals surface area contributed by atoms with Crippen molar-refractivity contribution in [1.82, 2.24) is 10.2 Å². The van der Waals surface area contributed by atoms with Gasteiger partial charge in [0.15, 0.2) is 0 Å². The van der Waals surface area contributed by atoms with E-state index in [0.717, 1.165) is 12.0 Å². The van der Waals surface area contributed by atoms with E-state index in [9.17, 15) is 9.59 Å². The van der Waals surface area contributed by atoms with Gasteiger partial charge in [-0.25, -0.2) is 4.79 Å². The van der Waals surface area contributed by atoms with Crippen molar-refractivity contribution in [3.8, 4) is 11.8 Å². The summed E-state index contributed by atoms with van der Waals surface area (Å²) >= 11 is 0. The standard InChI is InChI=1S/C19H25N3O4/c1-19(2,3)26-18(24)22-9-5-6-15(22)17(23)21-12-14-8-7-13(11-20)10-16(14)25-4/h7-8,10,15H,5-6,9,12H2,1-4H3,(H,21,23)/t15-/m0/s1. The number of nitrogens with zero attached hydrogens (tertiary/aromatic N) is 2. The fraction of sp³-hybridized carbons (Fsp3) is 0.526. The van der Waals surface area contributed by atoms with Crippen LogP contribution in [0.3, 0.4) is 0 Å². The summed E-state index contributed by atoms with van der Waals surface area (Å²) in [5, 5.41) is 11.8. The Bertz CT molecular complexity index is 718. The number of carbonyl (C=O) groups is 2. The van der Waals surface area contributed by atoms with E-state index in [0.29, 0.717) is 24.3 Å². The normalized spacial score (nSPS) is 16.7. The molecule has 1 heterocycles. The van der Waals surface area contributed by atoms with Crippen LogP contribution in [0.4, 0.5) is 4.79 Å². The van der Waals surface area contributed by atoms with E-state index < -0.39 is 17.7 Å². The van der Waals surface area contributed by atoms with Gasteiger partial charge in [0.2, 0.25) is 5.91 Å². The summed E-state index contributed by atoms with van der Waals surface area (Å²) in [6.45, 7) is 6.16. The lowest BCUT2D eigenvalue weighted by Gasteiger charge is -2.28. The van der Waals surface area contributed by atoms with Crippen LogP contribution in [0, 0.1) is 11.3 Å². The van der Waals surface area contributed by atoms with Gasteiger partial charge in [0.05, 0.1) is 18.7 Å². The second kappa shape index (κ2) is 8.09. The van der Waals surface area contributed by atoms with Crippen molar-refractivity contribution in [2.24, 2.45) is 0 Å². The van der Waals surface area contributed by atoms with E-state index in [-0.39, 0.29) is 12.5 Å². The Morgan fingerprint density at radius 2 is 2.12 bits per heavy atom. The van der Waals surface area contributed by atoms with Crippen molar-refractivity contribution >= 4 is 12.0 Å². The van der Waals surface area contributed by atoms with Crippen molar-refractivity contribution in [3.63, 3.8) is 0 Å². The topological polar surface area (TPSA) is 91.7 Å². The minimum atomic E-state index is -0.601. The lowest BCUT2D eigenvalue weighted by Crippen LogP contribution is -2.47. The molecule has 0 spiro atoms. The second-order valence-electron chi connectivity index (χ2n) is 7.19. The van der Waals surface area contributed by atoms with Gasteiger partial charge in [-0.2, -0.15) is 5.26 Å². The molecule has 0 unspecified atom stereocenters. The molecule has 1 aliphatic heterocycles. The average Bonchev–Trinajstić information content (AvgIpc) is 3.08. The van der Waals surface area contributed by atoms with Gasteiger partial charge in [0, 0.05) is 18.7 Å². The quantitative estimate of drug-likeness (QED) is 0.892. The molecule has 0 bridgehead atoms. The molecule has 1 aromatic carbocycles. The van der Waals surface area contributed by atoms with Gasteiger partial charge < -0.3 is 14.8 Å². The third-order valence-corrected chi connectivity index (χ3v) is 4.05. The zero-order valence-corrected chi connectivity index (χ0v) is 15.7. The minimum absolute atomic E-state index is 0.222. The van der Waals surface area contributed by atoms with Gasteiger partial charge in [-0.1, -0.05) is 6.07 Å². The molecule has 0 radical (unpaired) electrons. The van der Waals surface area contributed by atoms with Crippen LogP contribution in [0.1, 0.15) is 44.7 Å². The van der Waals surface area contributed by atoms with Crippen LogP contribution in [-0.4, -0.2) is 42.2 Å². The number of likely N-dealkylation sites (tertiary alicyclic amines) is 1. The lowest BCUT2D eigenvalue weighted by atomic mass is 10.1. The van der Waals surface area contributed by atoms with Crippen LogP contribution in [0.2, 0.25) is 0 Å². The van der Waals surface area contributed by atoms with Crippen LogP contribution < -0.4 is 10.1 Å². The Balaban J connectivity index is 2.01. The summed E-state index contributed by atoms with van der Waals surface area (Å²) in [5.74, 6) is 0.319. The molecular weight excluding hydrogens is 334 g/mol. The van der Waals surface area contributed by atoms with E-state index in [2.05, 4.69) is 5.32 Å². The largest absolute Gasteiger partial charge is 0.496 e. The van der Waals surface area contributed by atoms with Gasteiger partial charge in [-0.15, -0.1) is 0 Å². The Morgan fingerprint density at radius 3 is 2.73 bits per heavy atom. The predicted octanol–water partition coefficient (Wildman–Crippen LogP) is 2.58. The van der Waals surface area contributed by atoms with Crippen molar-refractivity contribution in [2.45, 2.75) is 51.8 Å². The zero-order chi connectivity index (χ0) is 19.3. The first kappa shape index (κ1) is 19.6. The van der Waals surface area contributed by atoms with E-state index in [1.807, 2.05) is 6.07 Å². The summed E-state index contributed by atoms with van der Waals surface area (Å²) in [5.41, 5.74) is 0.654. The molecule has 26 heavy (non-hydrogen) atoms. The molecule has 2 rings (SSSR count). The molecule has 2 amide bonds. The molecular formula is C19H25N3O4. The summed E-state index contributed by atoms with van der Waals surface area (Å²) in [7, 11) is 1.52. The molecule has 1 atom stereocenters. The predicted molar refractivity (Wildman–Crippen MR) is 95.5 cm³/mol. The maximum absolute atomic E-state index is 12.6. The Hall–Kier alpha value is -2.75. The van der Waals surface area contributed by atoms with Crippen LogP contribution in [0.5, 0.6) is 5.75 Å². The Labute approximate surface area is 153 Å². The lowest BCUT2D eigenvalue weighted by molar-refractivity contribution is -0.125. The molecule has 7 heteroatoms. The van der Waals surface area contributed by atoms with E-state index >= 15 is 0 Å². The number of carbonyl (C=O) groups excluding carboxylic acids is 2. The number of amides is 2. The van der Waals surface area contributed by atoms with Gasteiger partial charge in [0.1, 0.15) is 17.4 Å². The SMILES string of the molecule is COc1cc(C#N)ccc1CNC(=O)[C@@H]1CCCN1C(=O)OC(C)(C)C. The molecule has 0 aromatic heterocycles. The highest BCUT2D eigenvalue weighted by molar-refractivity contribution is 5.86. The first-order valence-electron chi connectivity index (χ1n) is 8.59. The van der Waals surface area contributed by atoms with Gasteiger partial charge >= 0.3 is 6.09 Å². The van der Waals surface area contributed by atoms with Crippen LogP contribution in [0.25, 0.3) is 0 Å². The van der Waals surface area contributed by atoms with Crippen LogP contribution >= 0.6 is 0 Å². The zero-order valence-electron chi connectivity index (χ0n) is 15.7. The van der Waals surface area contributed by atoms with Gasteiger partial charge in [-0.05, 0) is 45.7 Å². The summed E-state index contributed by atoms with van der Waals surface area (Å²) in [6, 6.07) is 6.57. The first-order chi connectivity index (χ1) is 12.2. The maximum atomic E-state index is 12.6. The molecule has 1 saturated heterocycles. The van der Waals surface area contributed by atoms with E-state index in [1.165, 1.54) is 12.0 Å². The third-order valence-electron chi connectivity index (χ3n) is 4.05. The van der Waals surface area contributed by atoms with Crippen molar-refractivity contribution in [3.05, 3.63) is 29.3 Å². The molecule has 0 aliphatic carbocycles. The molecule has 1 fully saturated rings. The Kier molecular flexibility index (Phi) is 6.09. The van der Waals surface area contributed by atoms with Crippen LogP contribution in [0.15, 0.2) is 18.2 Å². The molecule has 0 saturated carbocycles. The molecule has 7 nitrogen and oxygen atoms in total. The average molecular weight is 359 g/mol. The fourth-order valence-corrected chi connectivity index (χ4v) is 2.84. The summed E-state index contributed by atoms with van der Waals surface area (Å²) in [6.07, 6.45) is 0.902. The smallest absolute Gasteiger partial charge is 0.410 e. The molecule has 140 valence electrons. The number of hydrogen-bond donors (Lipinski definition) is 1. The summed E-state index contributed by atoms with van der Waals surface area (Å²) < 4.78 is 10.7. The monoisotopic (exact) mass is 359 g/mol. The van der Waals surface area contributed by atoms with Crippen molar-refractivity contribution in [1.29, 1.82) is 5.26 Å². The fourth-order valence-electron chi connectivity index (χ4n) is 2.84. The van der Waals surface area contributed by atoms with Gasteiger partial charge in [0.25, 0.3) is 0 Å². The van der Waals surface area contributed by atoms with E-state index in [1.54, 1.807) is 39.0 Å². The number of benzene rings is 1. The first-order valence-corrected chi connectivity index (χ1v) is 8.59. The number of rotatable bonds is 4. The highest BCUT2D eigenvalue weighted by Crippen LogP contribution is 2.22. The highest BCUT2D eigenvalue weighted by Gasteiger charge is 2.36.